The molecule has 5 aliphatic rings. The van der Waals surface area contributed by atoms with Gasteiger partial charge in [0.2, 0.25) is 17.8 Å². The van der Waals surface area contributed by atoms with Crippen LogP contribution in [0.15, 0.2) is 53.7 Å². The van der Waals surface area contributed by atoms with Gasteiger partial charge in [-0.15, -0.1) is 0 Å². The molecule has 16 heteroatoms. The molecule has 0 bridgehead atoms. The predicted octanol–water partition coefficient (Wildman–Crippen LogP) is 3.40. The summed E-state index contributed by atoms with van der Waals surface area (Å²) >= 11 is 5.91. The predicted molar refractivity (Wildman–Crippen MR) is 209 cm³/mol. The van der Waals surface area contributed by atoms with Crippen LogP contribution in [0.1, 0.15) is 60.0 Å². The van der Waals surface area contributed by atoms with E-state index in [1.54, 1.807) is 17.3 Å². The van der Waals surface area contributed by atoms with Crippen LogP contribution in [0.3, 0.4) is 0 Å². The lowest BCUT2D eigenvalue weighted by Crippen LogP contribution is -2.52. The maximum Gasteiger partial charge on any atom is 0.255 e. The number of anilines is 3. The van der Waals surface area contributed by atoms with E-state index in [4.69, 9.17) is 11.6 Å². The quantitative estimate of drug-likeness (QED) is 0.307. The second-order valence-corrected chi connectivity index (χ2v) is 17.0. The fraction of sp³-hybridized carbons (Fsp3) is 0.487. The summed E-state index contributed by atoms with van der Waals surface area (Å²) < 4.78 is 15.7. The Labute approximate surface area is 328 Å². The summed E-state index contributed by atoms with van der Waals surface area (Å²) in [5.74, 6) is 0.279. The first-order valence-electron chi connectivity index (χ1n) is 19.2. The number of hydrogen-bond acceptors (Lipinski definition) is 11. The second-order valence-electron chi connectivity index (χ2n) is 15.1. The molecular formula is C39H45ClN10O4S. The molecule has 4 saturated heterocycles. The van der Waals surface area contributed by atoms with Gasteiger partial charge < -0.3 is 20.0 Å². The van der Waals surface area contributed by atoms with E-state index in [-0.39, 0.29) is 24.3 Å². The van der Waals surface area contributed by atoms with Crippen molar-refractivity contribution in [3.63, 3.8) is 0 Å². The van der Waals surface area contributed by atoms with E-state index < -0.39 is 22.9 Å². The zero-order valence-electron chi connectivity index (χ0n) is 30.7. The lowest BCUT2D eigenvalue weighted by Gasteiger charge is -2.40. The van der Waals surface area contributed by atoms with Gasteiger partial charge in [0.05, 0.1) is 33.6 Å². The Bertz CT molecular complexity index is 2000. The van der Waals surface area contributed by atoms with Gasteiger partial charge in [-0.3, -0.25) is 24.6 Å². The van der Waals surface area contributed by atoms with Crippen LogP contribution >= 0.6 is 11.6 Å². The van der Waals surface area contributed by atoms with Gasteiger partial charge in [-0.2, -0.15) is 5.26 Å². The number of nitriles is 1. The number of imide groups is 1. The molecule has 55 heavy (non-hydrogen) atoms. The van der Waals surface area contributed by atoms with Crippen molar-refractivity contribution in [1.29, 1.82) is 5.26 Å². The maximum atomic E-state index is 13.7. The van der Waals surface area contributed by atoms with E-state index in [9.17, 15) is 23.9 Å². The highest BCUT2D eigenvalue weighted by atomic mass is 35.5. The number of fused-ring (bicyclic) bond motifs is 1. The van der Waals surface area contributed by atoms with Crippen LogP contribution in [-0.2, 0) is 27.1 Å². The average molecular weight is 785 g/mol. The van der Waals surface area contributed by atoms with Gasteiger partial charge in [0.15, 0.2) is 0 Å². The van der Waals surface area contributed by atoms with Crippen molar-refractivity contribution in [2.75, 3.05) is 74.0 Å². The zero-order valence-corrected chi connectivity index (χ0v) is 32.2. The number of nitrogens with zero attached hydrogens (tertiary/aromatic N) is 8. The van der Waals surface area contributed by atoms with Crippen LogP contribution in [0.25, 0.3) is 0 Å². The van der Waals surface area contributed by atoms with Crippen molar-refractivity contribution in [2.24, 2.45) is 5.92 Å². The Hall–Kier alpha value is -4.62. The fourth-order valence-corrected chi connectivity index (χ4v) is 9.86. The van der Waals surface area contributed by atoms with Crippen molar-refractivity contribution in [3.8, 4) is 6.07 Å². The highest BCUT2D eigenvalue weighted by Gasteiger charge is 2.39. The number of piperazine rings is 1. The Balaban J connectivity index is 0.805. The lowest BCUT2D eigenvalue weighted by molar-refractivity contribution is -0.136. The number of nitrogens with one attached hydrogen (secondary N) is 2. The molecule has 0 aliphatic carbocycles. The molecule has 14 nitrogen and oxygen atoms in total. The largest absolute Gasteiger partial charge is 0.370 e. The third-order valence-corrected chi connectivity index (χ3v) is 13.3. The number of halogens is 1. The van der Waals surface area contributed by atoms with Crippen LogP contribution in [0.4, 0.5) is 17.3 Å². The zero-order chi connectivity index (χ0) is 38.1. The maximum absolute atomic E-state index is 13.7. The minimum Gasteiger partial charge on any atom is -0.370 e. The molecule has 288 valence electrons. The number of rotatable bonds is 9. The molecule has 1 aromatic heterocycles. The van der Waals surface area contributed by atoms with Crippen molar-refractivity contribution in [1.82, 2.24) is 29.4 Å². The normalized spacial score (nSPS) is 22.4. The highest BCUT2D eigenvalue weighted by molar-refractivity contribution is 7.82. The number of hydrogen-bond donors (Lipinski definition) is 2. The SMILES string of the molecule is N#Cc1ccc(S(=O)N2CCC(Nc3ncc(Cl)cn3)CC2)cc1N1CCC(CN2CCN(c3ccc4c(c3)CN(C3CCC(=O)NC3=O)C4=O)CC2)CC1. The molecule has 0 radical (unpaired) electrons. The third kappa shape index (κ3) is 8.18. The van der Waals surface area contributed by atoms with Crippen LogP contribution in [0, 0.1) is 17.2 Å². The van der Waals surface area contributed by atoms with E-state index >= 15 is 0 Å². The first kappa shape index (κ1) is 37.3. The number of amides is 3. The Morgan fingerprint density at radius 1 is 0.891 bits per heavy atom. The van der Waals surface area contributed by atoms with Crippen LogP contribution in [-0.4, -0.2) is 117 Å². The minimum absolute atomic E-state index is 0.148. The summed E-state index contributed by atoms with van der Waals surface area (Å²) in [6.07, 6.45) is 7.42. The van der Waals surface area contributed by atoms with Crippen LogP contribution < -0.4 is 20.4 Å². The average Bonchev–Trinajstić information content (AvgIpc) is 3.54. The molecule has 0 saturated carbocycles. The van der Waals surface area contributed by atoms with E-state index in [0.29, 0.717) is 54.1 Å². The number of carbonyl (C=O) groups is 3. The molecule has 2 aromatic carbocycles. The first-order chi connectivity index (χ1) is 26.7. The van der Waals surface area contributed by atoms with Gasteiger partial charge in [0.25, 0.3) is 5.91 Å². The number of benzene rings is 2. The molecule has 5 aliphatic heterocycles. The van der Waals surface area contributed by atoms with E-state index in [0.717, 1.165) is 93.3 Å². The fourth-order valence-electron chi connectivity index (χ4n) is 8.53. The first-order valence-corrected chi connectivity index (χ1v) is 20.7. The lowest BCUT2D eigenvalue weighted by atomic mass is 9.95. The molecule has 2 atom stereocenters. The summed E-state index contributed by atoms with van der Waals surface area (Å²) in [5.41, 5.74) is 4.13. The third-order valence-electron chi connectivity index (χ3n) is 11.6. The Morgan fingerprint density at radius 3 is 2.35 bits per heavy atom. The Morgan fingerprint density at radius 2 is 1.64 bits per heavy atom. The van der Waals surface area contributed by atoms with Crippen molar-refractivity contribution in [2.45, 2.75) is 62.0 Å². The van der Waals surface area contributed by atoms with Gasteiger partial charge in [0.1, 0.15) is 23.1 Å². The number of aromatic nitrogens is 2. The molecule has 8 rings (SSSR count). The second kappa shape index (κ2) is 16.2. The number of carbonyl (C=O) groups excluding carboxylic acids is 3. The summed E-state index contributed by atoms with van der Waals surface area (Å²) in [7, 11) is -1.33. The molecule has 6 heterocycles. The highest BCUT2D eigenvalue weighted by Crippen LogP contribution is 2.33. The molecule has 2 N–H and O–H groups in total. The summed E-state index contributed by atoms with van der Waals surface area (Å²) in [5, 5.41) is 16.2. The van der Waals surface area contributed by atoms with Gasteiger partial charge in [-0.05, 0) is 80.0 Å². The van der Waals surface area contributed by atoms with Gasteiger partial charge in [-0.1, -0.05) is 11.6 Å². The van der Waals surface area contributed by atoms with Crippen LogP contribution in [0.2, 0.25) is 5.02 Å². The van der Waals surface area contributed by atoms with Crippen molar-refractivity contribution < 1.29 is 18.6 Å². The summed E-state index contributed by atoms with van der Waals surface area (Å²) in [6.45, 7) is 8.15. The standard InChI is InChI=1S/C39H45ClN10O4S/c40-29-22-42-39(43-23-29)44-30-9-13-49(14-10-30)55(54)32-3-1-27(21-41)35(20-32)48-11-7-26(8-12-48)24-46-15-17-47(18-16-46)31-2-4-33-28(19-31)25-50(38(33)53)34-5-6-36(51)45-37(34)52/h1-4,19-20,22-23,26,30,34H,5-18,24-25H2,(H,42,43,44)(H,45,51,52). The molecular weight excluding hydrogens is 740 g/mol. The summed E-state index contributed by atoms with van der Waals surface area (Å²) in [6, 6.07) is 13.5. The smallest absolute Gasteiger partial charge is 0.255 e. The minimum atomic E-state index is -1.33. The van der Waals surface area contributed by atoms with E-state index in [1.807, 2.05) is 34.6 Å². The van der Waals surface area contributed by atoms with Gasteiger partial charge in [0, 0.05) is 89.2 Å². The van der Waals surface area contributed by atoms with Crippen molar-refractivity contribution >= 4 is 57.6 Å². The van der Waals surface area contributed by atoms with Crippen LogP contribution in [0.5, 0.6) is 0 Å². The monoisotopic (exact) mass is 784 g/mol. The van der Waals surface area contributed by atoms with E-state index in [1.165, 1.54) is 0 Å². The molecule has 4 fully saturated rings. The van der Waals surface area contributed by atoms with Gasteiger partial charge >= 0.3 is 0 Å². The molecule has 0 spiro atoms. The molecule has 3 amide bonds. The topological polar surface area (TPSA) is 158 Å². The number of piperidine rings is 3. The molecule has 2 unspecified atom stereocenters. The summed E-state index contributed by atoms with van der Waals surface area (Å²) in [4.78, 5) is 55.2. The van der Waals surface area contributed by atoms with E-state index in [2.05, 4.69) is 47.4 Å². The Kier molecular flexibility index (Phi) is 11.0. The van der Waals surface area contributed by atoms with Crippen molar-refractivity contribution in [3.05, 3.63) is 70.5 Å². The molecule has 3 aromatic rings. The van der Waals surface area contributed by atoms with Gasteiger partial charge in [-0.25, -0.2) is 18.5 Å².